The van der Waals surface area contributed by atoms with Gasteiger partial charge in [0.2, 0.25) is 0 Å². The van der Waals surface area contributed by atoms with Crippen molar-refractivity contribution in [1.82, 2.24) is 4.90 Å². The van der Waals surface area contributed by atoms with Crippen LogP contribution in [-0.4, -0.2) is 18.0 Å². The fraction of sp³-hybridized carbons (Fsp3) is 0.222. The third-order valence-corrected chi connectivity index (χ3v) is 4.45. The fourth-order valence-electron chi connectivity index (χ4n) is 2.52. The molecule has 102 valence electrons. The molecule has 0 saturated carbocycles. The summed E-state index contributed by atoms with van der Waals surface area (Å²) in [5, 5.41) is 2.30. The Morgan fingerprint density at radius 1 is 0.850 bits per heavy atom. The van der Waals surface area contributed by atoms with Crippen molar-refractivity contribution >= 4 is 17.5 Å². The van der Waals surface area contributed by atoms with Gasteiger partial charge in [0.05, 0.1) is 5.70 Å². The summed E-state index contributed by atoms with van der Waals surface area (Å²) >= 11 is 1.81. The lowest BCUT2D eigenvalue weighted by Gasteiger charge is -2.21. The molecular formula is C18H19NS. The predicted molar refractivity (Wildman–Crippen MR) is 87.5 cm³/mol. The minimum Gasteiger partial charge on any atom is -0.371 e. The van der Waals surface area contributed by atoms with Gasteiger partial charge in [-0.1, -0.05) is 60.3 Å². The Bertz CT molecular complexity index is 556. The van der Waals surface area contributed by atoms with Crippen molar-refractivity contribution in [3.63, 3.8) is 0 Å². The summed E-state index contributed by atoms with van der Waals surface area (Å²) in [4.78, 5) is 3.80. The topological polar surface area (TPSA) is 3.24 Å². The molecule has 20 heavy (non-hydrogen) atoms. The van der Waals surface area contributed by atoms with Crippen LogP contribution < -0.4 is 0 Å². The molecule has 0 spiro atoms. The highest BCUT2D eigenvalue weighted by atomic mass is 32.2. The van der Waals surface area contributed by atoms with Crippen LogP contribution in [0.3, 0.4) is 0 Å². The Morgan fingerprint density at radius 2 is 1.45 bits per heavy atom. The van der Waals surface area contributed by atoms with E-state index in [4.69, 9.17) is 0 Å². The monoisotopic (exact) mass is 281 g/mol. The Balaban J connectivity index is 1.85. The van der Waals surface area contributed by atoms with Gasteiger partial charge < -0.3 is 4.90 Å². The molecule has 0 aliphatic carbocycles. The Labute approximate surface area is 125 Å². The number of hydrogen-bond donors (Lipinski definition) is 0. The van der Waals surface area contributed by atoms with E-state index < -0.39 is 0 Å². The second kappa shape index (κ2) is 6.67. The van der Waals surface area contributed by atoms with Gasteiger partial charge in [0.25, 0.3) is 0 Å². The number of nitrogens with zero attached hydrogens (tertiary/aromatic N) is 1. The van der Waals surface area contributed by atoms with E-state index in [0.717, 1.165) is 0 Å². The van der Waals surface area contributed by atoms with Gasteiger partial charge in [-0.3, -0.25) is 0 Å². The number of benzene rings is 2. The van der Waals surface area contributed by atoms with Crippen LogP contribution in [0.25, 0.3) is 5.70 Å². The van der Waals surface area contributed by atoms with Crippen LogP contribution in [0.5, 0.6) is 0 Å². The molecule has 3 rings (SSSR count). The highest BCUT2D eigenvalue weighted by Gasteiger charge is 2.16. The Morgan fingerprint density at radius 3 is 2.10 bits per heavy atom. The van der Waals surface area contributed by atoms with E-state index in [0.29, 0.717) is 0 Å². The van der Waals surface area contributed by atoms with Gasteiger partial charge in [0, 0.05) is 18.0 Å². The van der Waals surface area contributed by atoms with Gasteiger partial charge in [0.15, 0.2) is 0 Å². The maximum Gasteiger partial charge on any atom is 0.0507 e. The van der Waals surface area contributed by atoms with E-state index in [-0.39, 0.29) is 0 Å². The molecule has 2 aromatic rings. The zero-order valence-corrected chi connectivity index (χ0v) is 12.4. The van der Waals surface area contributed by atoms with Crippen LogP contribution in [-0.2, 0) is 0 Å². The lowest BCUT2D eigenvalue weighted by Crippen LogP contribution is -2.17. The van der Waals surface area contributed by atoms with Crippen molar-refractivity contribution < 1.29 is 0 Å². The second-order valence-electron chi connectivity index (χ2n) is 4.99. The number of likely N-dealkylation sites (tertiary alicyclic amines) is 1. The quantitative estimate of drug-likeness (QED) is 0.735. The molecule has 0 aromatic heterocycles. The first-order valence-electron chi connectivity index (χ1n) is 7.16. The minimum absolute atomic E-state index is 1.18. The van der Waals surface area contributed by atoms with E-state index in [2.05, 4.69) is 71.0 Å². The maximum absolute atomic E-state index is 2.51. The average molecular weight is 281 g/mol. The second-order valence-corrected chi connectivity index (χ2v) is 5.94. The summed E-state index contributed by atoms with van der Waals surface area (Å²) in [7, 11) is 0. The molecule has 1 heterocycles. The van der Waals surface area contributed by atoms with Crippen molar-refractivity contribution in [2.24, 2.45) is 0 Å². The third-order valence-electron chi connectivity index (χ3n) is 3.57. The number of rotatable bonds is 4. The van der Waals surface area contributed by atoms with Crippen molar-refractivity contribution in [3.05, 3.63) is 71.6 Å². The maximum atomic E-state index is 2.51. The van der Waals surface area contributed by atoms with Crippen molar-refractivity contribution in [3.8, 4) is 0 Å². The molecule has 0 N–H and O–H groups in total. The predicted octanol–water partition coefficient (Wildman–Crippen LogP) is 4.87. The summed E-state index contributed by atoms with van der Waals surface area (Å²) < 4.78 is 0. The minimum atomic E-state index is 1.18. The smallest absolute Gasteiger partial charge is 0.0507 e. The first kappa shape index (κ1) is 13.3. The zero-order valence-electron chi connectivity index (χ0n) is 11.5. The summed E-state index contributed by atoms with van der Waals surface area (Å²) in [6, 6.07) is 21.3. The molecule has 2 aromatic carbocycles. The van der Waals surface area contributed by atoms with Crippen LogP contribution in [0.1, 0.15) is 18.4 Å². The summed E-state index contributed by atoms with van der Waals surface area (Å²) in [5.74, 6) is 0. The average Bonchev–Trinajstić information content (AvgIpc) is 3.04. The van der Waals surface area contributed by atoms with Gasteiger partial charge in [-0.15, -0.1) is 0 Å². The standard InChI is InChI=1S/C18H19NS/c1-3-9-16(10-4-1)18(19-13-7-8-14-19)15-20-17-11-5-2-6-12-17/h1-6,9-12,15H,7-8,13-14H2/b18-15+. The van der Waals surface area contributed by atoms with E-state index in [1.165, 1.54) is 42.1 Å². The van der Waals surface area contributed by atoms with E-state index >= 15 is 0 Å². The van der Waals surface area contributed by atoms with Gasteiger partial charge in [0.1, 0.15) is 0 Å². The van der Waals surface area contributed by atoms with Gasteiger partial charge >= 0.3 is 0 Å². The summed E-state index contributed by atoms with van der Waals surface area (Å²) in [6.07, 6.45) is 2.61. The molecule has 1 fully saturated rings. The normalized spacial score (nSPS) is 15.6. The molecule has 1 aliphatic rings. The highest BCUT2D eigenvalue weighted by molar-refractivity contribution is 8.02. The Hall–Kier alpha value is -1.67. The summed E-state index contributed by atoms with van der Waals surface area (Å²) in [6.45, 7) is 2.35. The van der Waals surface area contributed by atoms with Crippen LogP contribution in [0, 0.1) is 0 Å². The molecule has 0 amide bonds. The van der Waals surface area contributed by atoms with Crippen LogP contribution in [0.4, 0.5) is 0 Å². The van der Waals surface area contributed by atoms with Gasteiger partial charge in [-0.2, -0.15) is 0 Å². The number of thioether (sulfide) groups is 1. The van der Waals surface area contributed by atoms with Crippen LogP contribution in [0.15, 0.2) is 71.0 Å². The molecule has 1 nitrogen and oxygen atoms in total. The summed E-state index contributed by atoms with van der Waals surface area (Å²) in [5.41, 5.74) is 2.68. The molecule has 0 atom stereocenters. The molecule has 0 bridgehead atoms. The lowest BCUT2D eigenvalue weighted by molar-refractivity contribution is 0.494. The molecule has 0 unspecified atom stereocenters. The largest absolute Gasteiger partial charge is 0.371 e. The van der Waals surface area contributed by atoms with Crippen molar-refractivity contribution in [2.75, 3.05) is 13.1 Å². The fourth-order valence-corrected chi connectivity index (χ4v) is 3.36. The number of hydrogen-bond acceptors (Lipinski definition) is 2. The lowest BCUT2D eigenvalue weighted by atomic mass is 10.1. The van der Waals surface area contributed by atoms with Crippen LogP contribution in [0.2, 0.25) is 0 Å². The molecular weight excluding hydrogens is 262 g/mol. The van der Waals surface area contributed by atoms with E-state index in [1.54, 1.807) is 11.8 Å². The molecule has 1 aliphatic heterocycles. The van der Waals surface area contributed by atoms with Gasteiger partial charge in [-0.05, 0) is 35.9 Å². The Kier molecular flexibility index (Phi) is 4.44. The third kappa shape index (κ3) is 3.26. The SMILES string of the molecule is C(/Sc1ccccc1)=C(/c1ccccc1)N1CCCC1. The first-order chi connectivity index (χ1) is 9.93. The molecule has 1 saturated heterocycles. The zero-order chi connectivity index (χ0) is 13.6. The van der Waals surface area contributed by atoms with Crippen molar-refractivity contribution in [2.45, 2.75) is 17.7 Å². The van der Waals surface area contributed by atoms with Crippen LogP contribution >= 0.6 is 11.8 Å². The highest BCUT2D eigenvalue weighted by Crippen LogP contribution is 2.29. The molecule has 2 heteroatoms. The molecule has 0 radical (unpaired) electrons. The van der Waals surface area contributed by atoms with Gasteiger partial charge in [-0.25, -0.2) is 0 Å². The van der Waals surface area contributed by atoms with E-state index in [1.807, 2.05) is 0 Å². The van der Waals surface area contributed by atoms with Crippen molar-refractivity contribution in [1.29, 1.82) is 0 Å². The van der Waals surface area contributed by atoms with E-state index in [9.17, 15) is 0 Å². The first-order valence-corrected chi connectivity index (χ1v) is 8.04.